The minimum Gasteiger partial charge on any atom is -0.378 e. The van der Waals surface area contributed by atoms with Crippen molar-refractivity contribution in [3.63, 3.8) is 0 Å². The number of nitrogens with one attached hydrogen (secondary N) is 2. The zero-order valence-corrected chi connectivity index (χ0v) is 17.3. The third kappa shape index (κ3) is 4.76. The van der Waals surface area contributed by atoms with Crippen molar-refractivity contribution in [2.75, 3.05) is 26.2 Å². The van der Waals surface area contributed by atoms with Crippen LogP contribution in [0.5, 0.6) is 0 Å². The Balaban J connectivity index is 1.74. The second-order valence-corrected chi connectivity index (χ2v) is 9.30. The molecule has 1 aromatic carbocycles. The first-order valence-corrected chi connectivity index (χ1v) is 10.2. The van der Waals surface area contributed by atoms with E-state index in [1.165, 1.54) is 0 Å². The van der Waals surface area contributed by atoms with Crippen LogP contribution in [0.25, 0.3) is 0 Å². The molecular formula is C20H27Cl2FN2O2. The van der Waals surface area contributed by atoms with Crippen LogP contribution >= 0.6 is 23.2 Å². The fourth-order valence-corrected chi connectivity index (χ4v) is 4.57. The summed E-state index contributed by atoms with van der Waals surface area (Å²) in [6.45, 7) is 6.32. The van der Waals surface area contributed by atoms with E-state index in [1.807, 2.05) is 0 Å². The first-order chi connectivity index (χ1) is 12.7. The van der Waals surface area contributed by atoms with Crippen LogP contribution in [0.1, 0.15) is 43.5 Å². The van der Waals surface area contributed by atoms with Gasteiger partial charge in [-0.15, -0.1) is 0 Å². The Bertz CT molecular complexity index is 680. The molecule has 0 spiro atoms. The smallest absolute Gasteiger partial charge is 0.251 e. The van der Waals surface area contributed by atoms with Crippen molar-refractivity contribution in [2.24, 2.45) is 10.8 Å². The Kier molecular flexibility index (Phi) is 6.36. The highest BCUT2D eigenvalue weighted by Crippen LogP contribution is 2.44. The van der Waals surface area contributed by atoms with E-state index >= 15 is 4.39 Å². The lowest BCUT2D eigenvalue weighted by Crippen LogP contribution is -2.54. The summed E-state index contributed by atoms with van der Waals surface area (Å²) in [5.41, 5.74) is -0.248. The highest BCUT2D eigenvalue weighted by atomic mass is 35.5. The normalized spacial score (nSPS) is 30.3. The molecule has 1 unspecified atom stereocenters. The molecule has 3 rings (SSSR count). The molecule has 1 amide bonds. The van der Waals surface area contributed by atoms with Gasteiger partial charge in [0.15, 0.2) is 0 Å². The molecule has 4 nitrogen and oxygen atoms in total. The molecule has 2 saturated heterocycles. The maximum Gasteiger partial charge on any atom is 0.251 e. The molecule has 0 radical (unpaired) electrons. The average Bonchev–Trinajstić information content (AvgIpc) is 2.92. The second kappa shape index (κ2) is 8.24. The molecular weight excluding hydrogens is 390 g/mol. The van der Waals surface area contributed by atoms with Gasteiger partial charge in [-0.05, 0) is 49.4 Å². The van der Waals surface area contributed by atoms with E-state index < -0.39 is 11.6 Å². The predicted molar refractivity (Wildman–Crippen MR) is 106 cm³/mol. The van der Waals surface area contributed by atoms with Gasteiger partial charge in [-0.3, -0.25) is 4.79 Å². The minimum atomic E-state index is -1.05. The number of alkyl halides is 1. The van der Waals surface area contributed by atoms with E-state index in [4.69, 9.17) is 27.9 Å². The number of hydrogen-bond donors (Lipinski definition) is 2. The van der Waals surface area contributed by atoms with Crippen molar-refractivity contribution in [3.05, 3.63) is 33.8 Å². The third-order valence-electron chi connectivity index (χ3n) is 6.04. The van der Waals surface area contributed by atoms with Crippen LogP contribution in [0.2, 0.25) is 10.0 Å². The number of ether oxygens (including phenoxy) is 1. The lowest BCUT2D eigenvalue weighted by atomic mass is 9.69. The largest absolute Gasteiger partial charge is 0.378 e. The molecule has 0 saturated carbocycles. The molecule has 150 valence electrons. The minimum absolute atomic E-state index is 0.00799. The Morgan fingerprint density at radius 1 is 1.30 bits per heavy atom. The number of amides is 1. The number of benzene rings is 1. The number of carbonyl (C=O) groups excluding carboxylic acids is 1. The molecule has 2 aliphatic rings. The van der Waals surface area contributed by atoms with E-state index in [-0.39, 0.29) is 24.0 Å². The van der Waals surface area contributed by atoms with Gasteiger partial charge in [0.1, 0.15) is 6.17 Å². The second-order valence-electron chi connectivity index (χ2n) is 8.43. The van der Waals surface area contributed by atoms with Crippen LogP contribution in [-0.4, -0.2) is 44.4 Å². The first kappa shape index (κ1) is 20.8. The summed E-state index contributed by atoms with van der Waals surface area (Å²) in [6, 6.07) is 4.70. The van der Waals surface area contributed by atoms with Crippen LogP contribution in [0, 0.1) is 10.8 Å². The molecule has 2 heterocycles. The van der Waals surface area contributed by atoms with E-state index in [9.17, 15) is 4.79 Å². The Morgan fingerprint density at radius 2 is 2.00 bits per heavy atom. The number of piperidine rings is 1. The number of hydrogen-bond acceptors (Lipinski definition) is 3. The standard InChI is InChI=1S/C20H27Cl2FN2O2/c1-19(2)4-6-27-17(19)10-20(3-5-24-11-16(20)23)12-25-18(26)13-7-14(21)9-15(22)8-13/h7-9,16-17,24H,3-6,10-12H2,1-2H3,(H,25,26)/t16-,17?,20-/m1/s1. The zero-order chi connectivity index (χ0) is 19.7. The summed E-state index contributed by atoms with van der Waals surface area (Å²) in [5, 5.41) is 6.82. The summed E-state index contributed by atoms with van der Waals surface area (Å²) >= 11 is 12.0. The molecule has 0 aliphatic carbocycles. The van der Waals surface area contributed by atoms with Crippen molar-refractivity contribution < 1.29 is 13.9 Å². The van der Waals surface area contributed by atoms with E-state index in [1.54, 1.807) is 18.2 Å². The van der Waals surface area contributed by atoms with Gasteiger partial charge < -0.3 is 15.4 Å². The van der Waals surface area contributed by atoms with Crippen molar-refractivity contribution in [1.29, 1.82) is 0 Å². The van der Waals surface area contributed by atoms with Gasteiger partial charge in [0.25, 0.3) is 5.91 Å². The summed E-state index contributed by atoms with van der Waals surface area (Å²) < 4.78 is 21.0. The lowest BCUT2D eigenvalue weighted by molar-refractivity contribution is -0.0247. The zero-order valence-electron chi connectivity index (χ0n) is 15.8. The molecule has 2 fully saturated rings. The van der Waals surface area contributed by atoms with Gasteiger partial charge in [-0.25, -0.2) is 4.39 Å². The quantitative estimate of drug-likeness (QED) is 0.754. The lowest BCUT2D eigenvalue weighted by Gasteiger charge is -2.44. The van der Waals surface area contributed by atoms with Crippen LogP contribution < -0.4 is 10.6 Å². The maximum atomic E-state index is 15.1. The fraction of sp³-hybridized carbons (Fsp3) is 0.650. The topological polar surface area (TPSA) is 50.4 Å². The van der Waals surface area contributed by atoms with E-state index in [2.05, 4.69) is 24.5 Å². The van der Waals surface area contributed by atoms with Crippen LogP contribution in [0.3, 0.4) is 0 Å². The Morgan fingerprint density at radius 3 is 2.59 bits per heavy atom. The highest BCUT2D eigenvalue weighted by molar-refractivity contribution is 6.35. The molecule has 2 aliphatic heterocycles. The predicted octanol–water partition coefficient (Wildman–Crippen LogP) is 4.25. The van der Waals surface area contributed by atoms with Crippen LogP contribution in [0.15, 0.2) is 18.2 Å². The van der Waals surface area contributed by atoms with Gasteiger partial charge in [-0.2, -0.15) is 0 Å². The molecule has 2 N–H and O–H groups in total. The summed E-state index contributed by atoms with van der Waals surface area (Å²) in [4.78, 5) is 12.6. The Labute approximate surface area is 170 Å². The van der Waals surface area contributed by atoms with Crippen molar-refractivity contribution in [3.8, 4) is 0 Å². The van der Waals surface area contributed by atoms with Crippen molar-refractivity contribution >= 4 is 29.1 Å². The van der Waals surface area contributed by atoms with E-state index in [0.717, 1.165) is 13.0 Å². The monoisotopic (exact) mass is 416 g/mol. The molecule has 27 heavy (non-hydrogen) atoms. The fourth-order valence-electron chi connectivity index (χ4n) is 4.04. The van der Waals surface area contributed by atoms with Gasteiger partial charge in [0, 0.05) is 40.7 Å². The number of halogens is 3. The van der Waals surface area contributed by atoms with Gasteiger partial charge in [0.05, 0.1) is 6.10 Å². The number of rotatable bonds is 5. The van der Waals surface area contributed by atoms with Crippen LogP contribution in [-0.2, 0) is 4.74 Å². The molecule has 0 aromatic heterocycles. The van der Waals surface area contributed by atoms with Crippen molar-refractivity contribution in [1.82, 2.24) is 10.6 Å². The first-order valence-electron chi connectivity index (χ1n) is 9.43. The van der Waals surface area contributed by atoms with E-state index in [0.29, 0.717) is 41.6 Å². The molecule has 0 bridgehead atoms. The molecule has 7 heteroatoms. The van der Waals surface area contributed by atoms with Gasteiger partial charge in [0.2, 0.25) is 0 Å². The number of carbonyl (C=O) groups is 1. The molecule has 1 aromatic rings. The molecule has 3 atom stereocenters. The summed E-state index contributed by atoms with van der Waals surface area (Å²) in [7, 11) is 0. The average molecular weight is 417 g/mol. The summed E-state index contributed by atoms with van der Waals surface area (Å²) in [6.07, 6.45) is 1.16. The van der Waals surface area contributed by atoms with Crippen LogP contribution in [0.4, 0.5) is 4.39 Å². The van der Waals surface area contributed by atoms with Gasteiger partial charge in [-0.1, -0.05) is 37.0 Å². The summed E-state index contributed by atoms with van der Waals surface area (Å²) in [5.74, 6) is -0.295. The SMILES string of the molecule is CC1(C)CCOC1C[C@@]1(CNC(=O)c2cc(Cl)cc(Cl)c2)CCNC[C@H]1F. The van der Waals surface area contributed by atoms with Gasteiger partial charge >= 0.3 is 0 Å². The Hall–Kier alpha value is -0.880. The maximum absolute atomic E-state index is 15.1. The third-order valence-corrected chi connectivity index (χ3v) is 6.48. The van der Waals surface area contributed by atoms with Crippen molar-refractivity contribution in [2.45, 2.75) is 45.4 Å². The highest BCUT2D eigenvalue weighted by Gasteiger charge is 2.47.